The lowest BCUT2D eigenvalue weighted by Crippen LogP contribution is -2.62. The second kappa shape index (κ2) is 5.68. The summed E-state index contributed by atoms with van der Waals surface area (Å²) in [5.41, 5.74) is 0.802. The van der Waals surface area contributed by atoms with Crippen molar-refractivity contribution in [2.45, 2.75) is 10.4 Å². The summed E-state index contributed by atoms with van der Waals surface area (Å²) in [4.78, 5) is 18.3. The van der Waals surface area contributed by atoms with E-state index in [1.54, 1.807) is 29.4 Å². The molecule has 3 saturated heterocycles. The molecule has 21 heavy (non-hydrogen) atoms. The van der Waals surface area contributed by atoms with E-state index in [9.17, 15) is 0 Å². The molecule has 0 saturated carbocycles. The van der Waals surface area contributed by atoms with Gasteiger partial charge in [-0.3, -0.25) is 9.80 Å². The Labute approximate surface area is 132 Å². The third-order valence-electron chi connectivity index (χ3n) is 4.24. The van der Waals surface area contributed by atoms with Crippen LogP contribution in [0.1, 0.15) is 0 Å². The Morgan fingerprint density at radius 3 is 2.90 bits per heavy atom. The number of piperazine rings is 3. The molecule has 1 unspecified atom stereocenters. The molecule has 8 heteroatoms. The van der Waals surface area contributed by atoms with Crippen molar-refractivity contribution in [1.29, 1.82) is 0 Å². The molecule has 112 valence electrons. The van der Waals surface area contributed by atoms with E-state index in [0.717, 1.165) is 27.0 Å². The number of nitrogens with zero attached hydrogens (tertiary/aromatic N) is 5. The van der Waals surface area contributed by atoms with Crippen LogP contribution >= 0.6 is 23.1 Å². The predicted octanol–water partition coefficient (Wildman–Crippen LogP) is 1.22. The molecule has 1 N–H and O–H groups in total. The highest BCUT2D eigenvalue weighted by molar-refractivity contribution is 8.00. The van der Waals surface area contributed by atoms with Crippen molar-refractivity contribution in [3.63, 3.8) is 0 Å². The molecular formula is C13H18N6S2. The maximum absolute atomic E-state index is 4.50. The van der Waals surface area contributed by atoms with Crippen LogP contribution < -0.4 is 5.32 Å². The average molecular weight is 322 g/mol. The fourth-order valence-corrected chi connectivity index (χ4v) is 4.56. The SMILES string of the molecule is CSc1nc2ncnc(NCC3CN4CCN3CC4)c2s1. The molecule has 0 spiro atoms. The van der Waals surface area contributed by atoms with Gasteiger partial charge in [0.1, 0.15) is 16.8 Å². The summed E-state index contributed by atoms with van der Waals surface area (Å²) in [7, 11) is 0. The summed E-state index contributed by atoms with van der Waals surface area (Å²) < 4.78 is 2.11. The molecule has 1 atom stereocenters. The van der Waals surface area contributed by atoms with Gasteiger partial charge in [-0.25, -0.2) is 15.0 Å². The van der Waals surface area contributed by atoms with Crippen molar-refractivity contribution < 1.29 is 0 Å². The number of hydrogen-bond donors (Lipinski definition) is 1. The highest BCUT2D eigenvalue weighted by Crippen LogP contribution is 2.31. The molecule has 6 nitrogen and oxygen atoms in total. The van der Waals surface area contributed by atoms with E-state index in [1.807, 2.05) is 6.26 Å². The zero-order valence-corrected chi connectivity index (χ0v) is 13.6. The average Bonchev–Trinajstić information content (AvgIpc) is 2.98. The van der Waals surface area contributed by atoms with Crippen LogP contribution in [0.5, 0.6) is 0 Å². The highest BCUT2D eigenvalue weighted by Gasteiger charge is 2.31. The fourth-order valence-electron chi connectivity index (χ4n) is 3.08. The molecule has 0 amide bonds. The lowest BCUT2D eigenvalue weighted by atomic mass is 10.1. The van der Waals surface area contributed by atoms with E-state index >= 15 is 0 Å². The van der Waals surface area contributed by atoms with Gasteiger partial charge in [-0.05, 0) is 6.26 Å². The van der Waals surface area contributed by atoms with Crippen LogP contribution in [0, 0.1) is 0 Å². The van der Waals surface area contributed by atoms with Gasteiger partial charge < -0.3 is 5.32 Å². The van der Waals surface area contributed by atoms with Gasteiger partial charge in [0.2, 0.25) is 0 Å². The quantitative estimate of drug-likeness (QED) is 0.849. The molecule has 5 rings (SSSR count). The molecule has 2 aromatic rings. The topological polar surface area (TPSA) is 57.2 Å². The van der Waals surface area contributed by atoms with E-state index < -0.39 is 0 Å². The minimum Gasteiger partial charge on any atom is -0.367 e. The summed E-state index contributed by atoms with van der Waals surface area (Å²) in [5, 5.41) is 3.52. The highest BCUT2D eigenvalue weighted by atomic mass is 32.2. The Hall–Kier alpha value is -0.960. The first kappa shape index (κ1) is 13.7. The number of anilines is 1. The number of nitrogens with one attached hydrogen (secondary N) is 1. The van der Waals surface area contributed by atoms with E-state index in [0.29, 0.717) is 6.04 Å². The number of fused-ring (bicyclic) bond motifs is 4. The van der Waals surface area contributed by atoms with Crippen LogP contribution in [0.3, 0.4) is 0 Å². The van der Waals surface area contributed by atoms with Crippen LogP contribution in [-0.4, -0.2) is 76.3 Å². The number of aromatic nitrogens is 3. The van der Waals surface area contributed by atoms with Crippen molar-refractivity contribution in [1.82, 2.24) is 24.8 Å². The van der Waals surface area contributed by atoms with Gasteiger partial charge in [0.15, 0.2) is 9.99 Å². The number of thioether (sulfide) groups is 1. The lowest BCUT2D eigenvalue weighted by Gasteiger charge is -2.47. The Morgan fingerprint density at radius 1 is 1.33 bits per heavy atom. The Kier molecular flexibility index (Phi) is 3.70. The lowest BCUT2D eigenvalue weighted by molar-refractivity contribution is 0.0189. The summed E-state index contributed by atoms with van der Waals surface area (Å²) in [6.07, 6.45) is 3.64. The molecule has 3 fully saturated rings. The van der Waals surface area contributed by atoms with Gasteiger partial charge >= 0.3 is 0 Å². The molecule has 0 radical (unpaired) electrons. The zero-order chi connectivity index (χ0) is 14.2. The second-order valence-corrected chi connectivity index (χ2v) is 7.48. The first-order chi connectivity index (χ1) is 10.3. The third kappa shape index (κ3) is 2.61. The molecule has 5 heterocycles. The van der Waals surface area contributed by atoms with E-state index in [2.05, 4.69) is 30.1 Å². The van der Waals surface area contributed by atoms with Crippen LogP contribution in [0.15, 0.2) is 10.7 Å². The van der Waals surface area contributed by atoms with Gasteiger partial charge in [0.25, 0.3) is 0 Å². The normalized spacial score (nSPS) is 28.1. The smallest absolute Gasteiger partial charge is 0.176 e. The van der Waals surface area contributed by atoms with E-state index in [1.165, 1.54) is 32.7 Å². The minimum absolute atomic E-state index is 0.588. The summed E-state index contributed by atoms with van der Waals surface area (Å²) in [6, 6.07) is 0.588. The minimum atomic E-state index is 0.588. The molecule has 0 aliphatic carbocycles. The van der Waals surface area contributed by atoms with Crippen molar-refractivity contribution >= 4 is 39.3 Å². The van der Waals surface area contributed by atoms with Gasteiger partial charge in [0.05, 0.1) is 0 Å². The molecule has 3 aliphatic rings. The van der Waals surface area contributed by atoms with Crippen LogP contribution in [0.25, 0.3) is 10.3 Å². The maximum atomic E-state index is 4.50. The molecule has 2 bridgehead atoms. The van der Waals surface area contributed by atoms with Gasteiger partial charge in [0, 0.05) is 45.3 Å². The first-order valence-electron chi connectivity index (χ1n) is 7.19. The van der Waals surface area contributed by atoms with E-state index in [4.69, 9.17) is 0 Å². The number of thiazole rings is 1. The van der Waals surface area contributed by atoms with Crippen molar-refractivity contribution in [3.05, 3.63) is 6.33 Å². The Balaban J connectivity index is 1.50. The summed E-state index contributed by atoms with van der Waals surface area (Å²) >= 11 is 3.32. The zero-order valence-electron chi connectivity index (χ0n) is 11.9. The molecule has 0 aromatic carbocycles. The Morgan fingerprint density at radius 2 is 2.19 bits per heavy atom. The fraction of sp³-hybridized carbons (Fsp3) is 0.615. The number of rotatable bonds is 4. The largest absolute Gasteiger partial charge is 0.367 e. The van der Waals surface area contributed by atoms with Gasteiger partial charge in [-0.15, -0.1) is 11.3 Å². The summed E-state index contributed by atoms with van der Waals surface area (Å²) in [6.45, 7) is 6.95. The van der Waals surface area contributed by atoms with Gasteiger partial charge in [-0.2, -0.15) is 0 Å². The van der Waals surface area contributed by atoms with Crippen molar-refractivity contribution in [2.75, 3.05) is 50.8 Å². The van der Waals surface area contributed by atoms with Crippen molar-refractivity contribution in [3.8, 4) is 0 Å². The van der Waals surface area contributed by atoms with Crippen molar-refractivity contribution in [2.24, 2.45) is 0 Å². The molecule has 2 aromatic heterocycles. The Bertz CT molecular complexity index is 637. The standard InChI is InChI=1S/C13H18N6S2/c1-20-13-17-12-10(21-13)11(15-8-16-12)14-6-9-7-18-2-4-19(9)5-3-18/h8-9H,2-7H2,1H3,(H,14,15,16). The maximum Gasteiger partial charge on any atom is 0.176 e. The van der Waals surface area contributed by atoms with Crippen LogP contribution in [-0.2, 0) is 0 Å². The van der Waals surface area contributed by atoms with Gasteiger partial charge in [-0.1, -0.05) is 11.8 Å². The second-order valence-electron chi connectivity index (χ2n) is 5.43. The summed E-state index contributed by atoms with van der Waals surface area (Å²) in [5.74, 6) is 0.926. The number of hydrogen-bond acceptors (Lipinski definition) is 8. The third-order valence-corrected chi connectivity index (χ3v) is 6.28. The molecular weight excluding hydrogens is 304 g/mol. The van der Waals surface area contributed by atoms with Crippen LogP contribution in [0.2, 0.25) is 0 Å². The van der Waals surface area contributed by atoms with Crippen LogP contribution in [0.4, 0.5) is 5.82 Å². The molecule has 3 aliphatic heterocycles. The predicted molar refractivity (Wildman–Crippen MR) is 87.3 cm³/mol. The first-order valence-corrected chi connectivity index (χ1v) is 9.23. The monoisotopic (exact) mass is 322 g/mol. The van der Waals surface area contributed by atoms with E-state index in [-0.39, 0.29) is 0 Å².